The van der Waals surface area contributed by atoms with Gasteiger partial charge in [0, 0.05) is 16.1 Å². The Bertz CT molecular complexity index is 596. The average Bonchev–Trinajstić information content (AvgIpc) is 2.35. The van der Waals surface area contributed by atoms with E-state index in [4.69, 9.17) is 51.1 Å². The van der Waals surface area contributed by atoms with Crippen LogP contribution in [0.3, 0.4) is 0 Å². The van der Waals surface area contributed by atoms with Crippen LogP contribution in [-0.4, -0.2) is 7.11 Å². The highest BCUT2D eigenvalue weighted by atomic mass is 35.5. The normalized spacial score (nSPS) is 10.5. The molecule has 0 saturated heterocycles. The maximum atomic E-state index is 6.20. The number of rotatable bonds is 2. The first kappa shape index (κ1) is 13.8. The summed E-state index contributed by atoms with van der Waals surface area (Å²) in [5.74, 6) is 0.630. The molecule has 0 saturated carbocycles. The summed E-state index contributed by atoms with van der Waals surface area (Å²) >= 11 is 24.4. The summed E-state index contributed by atoms with van der Waals surface area (Å²) in [6.07, 6.45) is 0. The molecule has 18 heavy (non-hydrogen) atoms. The molecule has 0 aliphatic heterocycles. The highest BCUT2D eigenvalue weighted by Crippen LogP contribution is 2.43. The van der Waals surface area contributed by atoms with Crippen molar-refractivity contribution in [3.63, 3.8) is 0 Å². The molecule has 2 aromatic rings. The quantitative estimate of drug-likeness (QED) is 0.618. The molecule has 2 aromatic carbocycles. The molecule has 0 bridgehead atoms. The van der Waals surface area contributed by atoms with Crippen molar-refractivity contribution in [1.29, 1.82) is 0 Å². The van der Waals surface area contributed by atoms with Crippen molar-refractivity contribution in [1.82, 2.24) is 0 Å². The van der Waals surface area contributed by atoms with Gasteiger partial charge in [0.15, 0.2) is 0 Å². The van der Waals surface area contributed by atoms with Crippen molar-refractivity contribution in [2.24, 2.45) is 0 Å². The first-order valence-electron chi connectivity index (χ1n) is 5.02. The molecule has 1 nitrogen and oxygen atoms in total. The Hall–Kier alpha value is -0.600. The van der Waals surface area contributed by atoms with Crippen LogP contribution in [0.25, 0.3) is 11.1 Å². The van der Waals surface area contributed by atoms with Crippen LogP contribution in [0.4, 0.5) is 0 Å². The lowest BCUT2D eigenvalue weighted by Crippen LogP contribution is -1.90. The van der Waals surface area contributed by atoms with Crippen molar-refractivity contribution >= 4 is 46.4 Å². The van der Waals surface area contributed by atoms with Gasteiger partial charge in [-0.1, -0.05) is 46.4 Å². The van der Waals surface area contributed by atoms with E-state index < -0.39 is 0 Å². The van der Waals surface area contributed by atoms with Gasteiger partial charge in [-0.2, -0.15) is 0 Å². The predicted molar refractivity (Wildman–Crippen MR) is 78.5 cm³/mol. The van der Waals surface area contributed by atoms with Gasteiger partial charge in [0.2, 0.25) is 0 Å². The minimum Gasteiger partial charge on any atom is -0.496 e. The highest BCUT2D eigenvalue weighted by Gasteiger charge is 2.16. The molecular formula is C13H8Cl4O. The van der Waals surface area contributed by atoms with E-state index in [1.165, 1.54) is 0 Å². The van der Waals surface area contributed by atoms with Gasteiger partial charge in [-0.15, -0.1) is 0 Å². The maximum Gasteiger partial charge on any atom is 0.126 e. The molecule has 0 aliphatic carbocycles. The van der Waals surface area contributed by atoms with Crippen LogP contribution in [0.2, 0.25) is 20.1 Å². The summed E-state index contributed by atoms with van der Waals surface area (Å²) in [4.78, 5) is 0. The van der Waals surface area contributed by atoms with E-state index in [-0.39, 0.29) is 0 Å². The maximum absolute atomic E-state index is 6.20. The number of methoxy groups -OCH3 is 1. The Morgan fingerprint density at radius 2 is 1.56 bits per heavy atom. The minimum absolute atomic E-state index is 0.379. The summed E-state index contributed by atoms with van der Waals surface area (Å²) in [5, 5.41) is 1.87. The van der Waals surface area contributed by atoms with Gasteiger partial charge in [-0.3, -0.25) is 0 Å². The largest absolute Gasteiger partial charge is 0.496 e. The number of hydrogen-bond donors (Lipinski definition) is 0. The van der Waals surface area contributed by atoms with Crippen LogP contribution in [0.1, 0.15) is 0 Å². The van der Waals surface area contributed by atoms with E-state index in [0.717, 1.165) is 0 Å². The Labute approximate surface area is 125 Å². The predicted octanol–water partition coefficient (Wildman–Crippen LogP) is 5.98. The molecule has 0 aromatic heterocycles. The Morgan fingerprint density at radius 3 is 2.22 bits per heavy atom. The van der Waals surface area contributed by atoms with Gasteiger partial charge in [0.05, 0.1) is 22.2 Å². The van der Waals surface area contributed by atoms with E-state index >= 15 is 0 Å². The van der Waals surface area contributed by atoms with Crippen molar-refractivity contribution in [3.8, 4) is 16.9 Å². The molecule has 0 spiro atoms. The van der Waals surface area contributed by atoms with Gasteiger partial charge in [0.1, 0.15) is 5.75 Å². The molecule has 5 heteroatoms. The van der Waals surface area contributed by atoms with Gasteiger partial charge < -0.3 is 4.74 Å². The van der Waals surface area contributed by atoms with Gasteiger partial charge in [0.25, 0.3) is 0 Å². The lowest BCUT2D eigenvalue weighted by atomic mass is 10.0. The number of benzene rings is 2. The van der Waals surface area contributed by atoms with Crippen molar-refractivity contribution < 1.29 is 4.74 Å². The molecule has 2 rings (SSSR count). The number of halogens is 4. The third kappa shape index (κ3) is 2.55. The SMILES string of the molecule is COc1ccc(Cl)cc1-c1c(Cl)ccc(Cl)c1Cl. The van der Waals surface area contributed by atoms with Crippen LogP contribution < -0.4 is 4.74 Å². The fraction of sp³-hybridized carbons (Fsp3) is 0.0769. The standard InChI is InChI=1S/C13H8Cl4O/c1-18-11-5-2-7(14)6-8(11)12-9(15)3-4-10(16)13(12)17/h2-6H,1H3. The third-order valence-electron chi connectivity index (χ3n) is 2.47. The molecule has 0 radical (unpaired) electrons. The third-order valence-corrected chi connectivity index (χ3v) is 3.83. The molecule has 0 aliphatic rings. The van der Waals surface area contributed by atoms with E-state index in [1.54, 1.807) is 37.4 Å². The lowest BCUT2D eigenvalue weighted by molar-refractivity contribution is 0.416. The molecule has 0 unspecified atom stereocenters. The summed E-state index contributed by atoms with van der Waals surface area (Å²) in [7, 11) is 1.57. The van der Waals surface area contributed by atoms with E-state index in [1.807, 2.05) is 0 Å². The van der Waals surface area contributed by atoms with E-state index in [0.29, 0.717) is 37.0 Å². The lowest BCUT2D eigenvalue weighted by Gasteiger charge is -2.13. The molecule has 94 valence electrons. The van der Waals surface area contributed by atoms with Gasteiger partial charge in [-0.05, 0) is 30.3 Å². The molecule has 0 N–H and O–H groups in total. The summed E-state index contributed by atoms with van der Waals surface area (Å²) in [5.41, 5.74) is 1.33. The summed E-state index contributed by atoms with van der Waals surface area (Å²) < 4.78 is 5.29. The second-order valence-electron chi connectivity index (χ2n) is 3.56. The fourth-order valence-corrected chi connectivity index (χ4v) is 2.55. The molecular weight excluding hydrogens is 314 g/mol. The van der Waals surface area contributed by atoms with Crippen LogP contribution in [-0.2, 0) is 0 Å². The van der Waals surface area contributed by atoms with Crippen LogP contribution in [0.15, 0.2) is 30.3 Å². The Balaban J connectivity index is 2.76. The van der Waals surface area contributed by atoms with Crippen LogP contribution >= 0.6 is 46.4 Å². The Morgan fingerprint density at radius 1 is 0.889 bits per heavy atom. The van der Waals surface area contributed by atoms with E-state index in [2.05, 4.69) is 0 Å². The van der Waals surface area contributed by atoms with Crippen molar-refractivity contribution in [2.75, 3.05) is 7.11 Å². The second-order valence-corrected chi connectivity index (χ2v) is 5.19. The molecule has 0 atom stereocenters. The highest BCUT2D eigenvalue weighted by molar-refractivity contribution is 6.46. The van der Waals surface area contributed by atoms with Crippen LogP contribution in [0, 0.1) is 0 Å². The zero-order valence-electron chi connectivity index (χ0n) is 9.31. The van der Waals surface area contributed by atoms with Crippen molar-refractivity contribution in [2.45, 2.75) is 0 Å². The van der Waals surface area contributed by atoms with E-state index in [9.17, 15) is 0 Å². The number of ether oxygens (including phenoxy) is 1. The molecule has 0 heterocycles. The van der Waals surface area contributed by atoms with Crippen LogP contribution in [0.5, 0.6) is 5.75 Å². The minimum atomic E-state index is 0.379. The summed E-state index contributed by atoms with van der Waals surface area (Å²) in [6, 6.07) is 8.56. The molecule has 0 amide bonds. The zero-order valence-corrected chi connectivity index (χ0v) is 12.3. The van der Waals surface area contributed by atoms with Gasteiger partial charge >= 0.3 is 0 Å². The smallest absolute Gasteiger partial charge is 0.126 e. The average molecular weight is 322 g/mol. The fourth-order valence-electron chi connectivity index (χ4n) is 1.65. The Kier molecular flexibility index (Phi) is 4.29. The molecule has 0 fully saturated rings. The number of hydrogen-bond acceptors (Lipinski definition) is 1. The first-order valence-corrected chi connectivity index (χ1v) is 6.53. The van der Waals surface area contributed by atoms with Gasteiger partial charge in [-0.25, -0.2) is 0 Å². The second kappa shape index (κ2) is 5.58. The topological polar surface area (TPSA) is 9.23 Å². The zero-order chi connectivity index (χ0) is 13.3. The summed E-state index contributed by atoms with van der Waals surface area (Å²) in [6.45, 7) is 0. The van der Waals surface area contributed by atoms with Crippen molar-refractivity contribution in [3.05, 3.63) is 50.4 Å². The monoisotopic (exact) mass is 320 g/mol. The first-order chi connectivity index (χ1) is 8.54.